The molecule has 4 heteroatoms. The minimum atomic E-state index is 0.111. The molecular weight excluding hydrogens is 408 g/mol. The maximum absolute atomic E-state index is 13.4. The molecule has 0 aliphatic carbocycles. The van der Waals surface area contributed by atoms with Gasteiger partial charge in [0.05, 0.1) is 7.11 Å². The summed E-state index contributed by atoms with van der Waals surface area (Å²) in [5.74, 6) is 1.85. The minimum Gasteiger partial charge on any atom is -0.497 e. The van der Waals surface area contributed by atoms with Crippen LogP contribution in [0.4, 0.5) is 0 Å². The van der Waals surface area contributed by atoms with Crippen molar-refractivity contribution < 1.29 is 9.53 Å². The minimum absolute atomic E-state index is 0.111. The van der Waals surface area contributed by atoms with Gasteiger partial charge in [-0.25, -0.2) is 0 Å². The molecule has 3 aromatic rings. The van der Waals surface area contributed by atoms with Gasteiger partial charge in [-0.05, 0) is 67.2 Å². The van der Waals surface area contributed by atoms with Crippen molar-refractivity contribution in [2.45, 2.75) is 30.7 Å². The Bertz CT molecular complexity index is 1040. The van der Waals surface area contributed by atoms with Gasteiger partial charge in [0.25, 0.3) is 5.91 Å². The van der Waals surface area contributed by atoms with Crippen LogP contribution in [0, 0.1) is 0 Å². The van der Waals surface area contributed by atoms with Crippen molar-refractivity contribution in [2.75, 3.05) is 33.3 Å². The summed E-state index contributed by atoms with van der Waals surface area (Å²) in [4.78, 5) is 18.0. The lowest BCUT2D eigenvalue weighted by Crippen LogP contribution is -2.45. The van der Waals surface area contributed by atoms with Crippen molar-refractivity contribution in [3.63, 3.8) is 0 Å². The van der Waals surface area contributed by atoms with Crippen molar-refractivity contribution in [3.8, 4) is 5.75 Å². The van der Waals surface area contributed by atoms with E-state index in [1.165, 1.54) is 24.0 Å². The lowest BCUT2D eigenvalue weighted by Gasteiger charge is -2.38. The first-order chi connectivity index (χ1) is 16.2. The molecule has 2 saturated heterocycles. The summed E-state index contributed by atoms with van der Waals surface area (Å²) in [5, 5.41) is 0. The van der Waals surface area contributed by atoms with Crippen LogP contribution < -0.4 is 4.74 Å². The monoisotopic (exact) mass is 440 g/mol. The summed E-state index contributed by atoms with van der Waals surface area (Å²) in [7, 11) is 1.65. The number of carbonyl (C=O) groups is 1. The molecule has 0 radical (unpaired) electrons. The number of nitrogens with zero attached hydrogens (tertiary/aromatic N) is 2. The zero-order chi connectivity index (χ0) is 22.6. The molecule has 5 rings (SSSR count). The highest BCUT2D eigenvalue weighted by molar-refractivity contribution is 5.94. The zero-order valence-electron chi connectivity index (χ0n) is 19.3. The highest BCUT2D eigenvalue weighted by Gasteiger charge is 2.40. The number of ether oxygens (including phenoxy) is 1. The van der Waals surface area contributed by atoms with Crippen LogP contribution in [0.3, 0.4) is 0 Å². The first-order valence-corrected chi connectivity index (χ1v) is 12.0. The molecule has 2 aliphatic rings. The second-order valence-corrected chi connectivity index (χ2v) is 9.24. The van der Waals surface area contributed by atoms with Crippen LogP contribution in [0.25, 0.3) is 0 Å². The Morgan fingerprint density at radius 1 is 0.788 bits per heavy atom. The zero-order valence-corrected chi connectivity index (χ0v) is 19.3. The summed E-state index contributed by atoms with van der Waals surface area (Å²) in [5.41, 5.74) is 3.52. The van der Waals surface area contributed by atoms with Crippen LogP contribution in [-0.2, 0) is 0 Å². The number of hydrogen-bond donors (Lipinski definition) is 0. The predicted octanol–water partition coefficient (Wildman–Crippen LogP) is 5.18. The van der Waals surface area contributed by atoms with E-state index in [4.69, 9.17) is 4.74 Å². The number of amides is 1. The molecule has 0 spiro atoms. The van der Waals surface area contributed by atoms with Gasteiger partial charge >= 0.3 is 0 Å². The average Bonchev–Trinajstić information content (AvgIpc) is 3.35. The fourth-order valence-corrected chi connectivity index (χ4v) is 5.56. The molecule has 2 heterocycles. The van der Waals surface area contributed by atoms with E-state index in [0.29, 0.717) is 17.9 Å². The van der Waals surface area contributed by atoms with E-state index in [-0.39, 0.29) is 5.91 Å². The Labute approximate surface area is 196 Å². The highest BCUT2D eigenvalue weighted by Crippen LogP contribution is 2.36. The normalized spacial score (nSPS) is 21.8. The summed E-state index contributed by atoms with van der Waals surface area (Å²) < 4.78 is 5.25. The quantitative estimate of drug-likeness (QED) is 0.548. The Balaban J connectivity index is 1.33. The maximum Gasteiger partial charge on any atom is 0.253 e. The van der Waals surface area contributed by atoms with E-state index in [9.17, 15) is 4.79 Å². The molecule has 0 unspecified atom stereocenters. The van der Waals surface area contributed by atoms with Crippen molar-refractivity contribution in [3.05, 3.63) is 102 Å². The van der Waals surface area contributed by atoms with E-state index in [2.05, 4.69) is 65.6 Å². The standard InChI is InChI=1S/C29H32N2O2/c1-33-26-14-12-25(13-15-26)29(32)31-20-27(24-10-6-3-7-11-24)28(21-31)30-18-16-23(17-19-30)22-8-4-2-5-9-22/h2-15,23,27-28H,16-21H2,1H3/t27-,28+/m1/s1. The van der Waals surface area contributed by atoms with Gasteiger partial charge in [0.2, 0.25) is 0 Å². The Morgan fingerprint density at radius 2 is 1.39 bits per heavy atom. The van der Waals surface area contributed by atoms with E-state index in [1.807, 2.05) is 29.2 Å². The SMILES string of the molecule is COc1ccc(C(=O)N2C[C@H](c3ccccc3)[C@@H](N3CCC(c4ccccc4)CC3)C2)cc1. The van der Waals surface area contributed by atoms with E-state index in [1.54, 1.807) is 7.11 Å². The lowest BCUT2D eigenvalue weighted by atomic mass is 9.87. The van der Waals surface area contributed by atoms with Crippen LogP contribution in [0.15, 0.2) is 84.9 Å². The number of carbonyl (C=O) groups excluding carboxylic acids is 1. The van der Waals surface area contributed by atoms with Crippen LogP contribution >= 0.6 is 0 Å². The van der Waals surface area contributed by atoms with Gasteiger partial charge in [-0.1, -0.05) is 60.7 Å². The van der Waals surface area contributed by atoms with Crippen molar-refractivity contribution in [1.82, 2.24) is 9.80 Å². The second kappa shape index (κ2) is 9.80. The van der Waals surface area contributed by atoms with Gasteiger partial charge in [-0.15, -0.1) is 0 Å². The molecule has 2 fully saturated rings. The number of likely N-dealkylation sites (tertiary alicyclic amines) is 2. The van der Waals surface area contributed by atoms with Gasteiger partial charge in [-0.3, -0.25) is 9.69 Å². The number of piperidine rings is 1. The predicted molar refractivity (Wildman–Crippen MR) is 132 cm³/mol. The lowest BCUT2D eigenvalue weighted by molar-refractivity contribution is 0.0769. The number of methoxy groups -OCH3 is 1. The van der Waals surface area contributed by atoms with Gasteiger partial charge in [-0.2, -0.15) is 0 Å². The van der Waals surface area contributed by atoms with Crippen LogP contribution in [0.2, 0.25) is 0 Å². The first-order valence-electron chi connectivity index (χ1n) is 12.0. The number of hydrogen-bond acceptors (Lipinski definition) is 3. The summed E-state index contributed by atoms with van der Waals surface area (Å²) in [6, 6.07) is 29.5. The fourth-order valence-electron chi connectivity index (χ4n) is 5.56. The molecule has 3 aromatic carbocycles. The fraction of sp³-hybridized carbons (Fsp3) is 0.345. The smallest absolute Gasteiger partial charge is 0.253 e. The molecule has 170 valence electrons. The average molecular weight is 441 g/mol. The second-order valence-electron chi connectivity index (χ2n) is 9.24. The van der Waals surface area contributed by atoms with Gasteiger partial charge < -0.3 is 9.64 Å². The molecule has 0 N–H and O–H groups in total. The summed E-state index contributed by atoms with van der Waals surface area (Å²) in [6.07, 6.45) is 2.35. The van der Waals surface area contributed by atoms with E-state index >= 15 is 0 Å². The topological polar surface area (TPSA) is 32.8 Å². The van der Waals surface area contributed by atoms with Crippen LogP contribution in [0.5, 0.6) is 5.75 Å². The molecule has 2 atom stereocenters. The third kappa shape index (κ3) is 4.67. The van der Waals surface area contributed by atoms with Crippen LogP contribution in [0.1, 0.15) is 46.2 Å². The summed E-state index contributed by atoms with van der Waals surface area (Å²) >= 11 is 0. The molecule has 33 heavy (non-hydrogen) atoms. The Morgan fingerprint density at radius 3 is 2.00 bits per heavy atom. The molecule has 1 amide bonds. The first kappa shape index (κ1) is 21.7. The third-order valence-corrected chi connectivity index (χ3v) is 7.41. The van der Waals surface area contributed by atoms with Crippen molar-refractivity contribution in [1.29, 1.82) is 0 Å². The molecule has 4 nitrogen and oxygen atoms in total. The molecule has 0 saturated carbocycles. The molecule has 0 aromatic heterocycles. The van der Waals surface area contributed by atoms with Crippen molar-refractivity contribution >= 4 is 5.91 Å². The van der Waals surface area contributed by atoms with Gasteiger partial charge in [0, 0.05) is 30.6 Å². The maximum atomic E-state index is 13.4. The molecule has 2 aliphatic heterocycles. The summed E-state index contributed by atoms with van der Waals surface area (Å²) in [6.45, 7) is 3.70. The highest BCUT2D eigenvalue weighted by atomic mass is 16.5. The van der Waals surface area contributed by atoms with Gasteiger partial charge in [0.1, 0.15) is 5.75 Å². The third-order valence-electron chi connectivity index (χ3n) is 7.41. The van der Waals surface area contributed by atoms with Crippen molar-refractivity contribution in [2.24, 2.45) is 0 Å². The Kier molecular flexibility index (Phi) is 6.45. The van der Waals surface area contributed by atoms with E-state index in [0.717, 1.165) is 37.5 Å². The molecule has 0 bridgehead atoms. The van der Waals surface area contributed by atoms with E-state index < -0.39 is 0 Å². The van der Waals surface area contributed by atoms with Crippen LogP contribution in [-0.4, -0.2) is 55.0 Å². The largest absolute Gasteiger partial charge is 0.497 e. The van der Waals surface area contributed by atoms with Gasteiger partial charge in [0.15, 0.2) is 0 Å². The molecular formula is C29H32N2O2. The Hall–Kier alpha value is -3.11. The number of rotatable bonds is 5. The number of benzene rings is 3.